The van der Waals surface area contributed by atoms with Gasteiger partial charge in [0.05, 0.1) is 5.54 Å². The maximum absolute atomic E-state index is 11.9. The molecule has 1 amide bonds. The van der Waals surface area contributed by atoms with Crippen molar-refractivity contribution in [2.24, 2.45) is 11.7 Å². The van der Waals surface area contributed by atoms with Gasteiger partial charge in [-0.15, -0.1) is 0 Å². The summed E-state index contributed by atoms with van der Waals surface area (Å²) in [4.78, 5) is 16.7. The Morgan fingerprint density at radius 3 is 2.48 bits per heavy atom. The Bertz CT molecular complexity index is 382. The van der Waals surface area contributed by atoms with Gasteiger partial charge >= 0.3 is 0 Å². The highest BCUT2D eigenvalue weighted by Gasteiger charge is 2.41. The zero-order chi connectivity index (χ0) is 15.8. The highest BCUT2D eigenvalue weighted by molar-refractivity contribution is 5.84. The van der Waals surface area contributed by atoms with Crippen LogP contribution in [0.1, 0.15) is 40.0 Å². The molecule has 1 saturated heterocycles. The van der Waals surface area contributed by atoms with Crippen LogP contribution >= 0.6 is 0 Å². The lowest BCUT2D eigenvalue weighted by Crippen LogP contribution is -2.57. The summed E-state index contributed by atoms with van der Waals surface area (Å²) in [6.07, 6.45) is 3.12. The number of carbonyl (C=O) groups is 1. The van der Waals surface area contributed by atoms with Gasteiger partial charge in [0.25, 0.3) is 0 Å². The van der Waals surface area contributed by atoms with E-state index >= 15 is 0 Å². The van der Waals surface area contributed by atoms with E-state index in [1.807, 2.05) is 6.92 Å². The summed E-state index contributed by atoms with van der Waals surface area (Å²) in [5.41, 5.74) is 5.09. The van der Waals surface area contributed by atoms with E-state index in [-0.39, 0.29) is 5.91 Å². The average molecular weight is 296 g/mol. The third kappa shape index (κ3) is 3.96. The molecule has 21 heavy (non-hydrogen) atoms. The third-order valence-corrected chi connectivity index (χ3v) is 5.24. The van der Waals surface area contributed by atoms with Crippen molar-refractivity contribution >= 4 is 5.91 Å². The number of hydrogen-bond acceptors (Lipinski definition) is 4. The standard InChI is InChI=1S/C16H32N4O/c1-11-9-20(10-14(11)19(4)5)12(2)8-16(3,15(17)21)18-13-6-7-13/h11-14,18H,6-10H2,1-5H3,(H2,17,21). The van der Waals surface area contributed by atoms with Crippen molar-refractivity contribution in [2.45, 2.75) is 63.7 Å². The predicted octanol–water partition coefficient (Wildman–Crippen LogP) is 0.643. The summed E-state index contributed by atoms with van der Waals surface area (Å²) in [6.45, 7) is 8.68. The molecule has 0 spiro atoms. The molecule has 0 aromatic rings. The molecule has 1 aliphatic heterocycles. The van der Waals surface area contributed by atoms with Crippen LogP contribution in [0, 0.1) is 5.92 Å². The summed E-state index contributed by atoms with van der Waals surface area (Å²) in [7, 11) is 4.30. The lowest BCUT2D eigenvalue weighted by molar-refractivity contribution is -0.124. The molecule has 0 aromatic heterocycles. The molecule has 2 rings (SSSR count). The topological polar surface area (TPSA) is 61.6 Å². The van der Waals surface area contributed by atoms with E-state index in [9.17, 15) is 4.79 Å². The molecular formula is C16H32N4O. The highest BCUT2D eigenvalue weighted by Crippen LogP contribution is 2.28. The fourth-order valence-corrected chi connectivity index (χ4v) is 3.65. The van der Waals surface area contributed by atoms with Crippen LogP contribution in [0.4, 0.5) is 0 Å². The Kier molecular flexibility index (Phi) is 4.96. The fraction of sp³-hybridized carbons (Fsp3) is 0.938. The summed E-state index contributed by atoms with van der Waals surface area (Å²) in [6, 6.07) is 1.45. The lowest BCUT2D eigenvalue weighted by Gasteiger charge is -2.34. The maximum Gasteiger partial charge on any atom is 0.237 e. The number of hydrogen-bond donors (Lipinski definition) is 2. The van der Waals surface area contributed by atoms with Crippen LogP contribution in [0.5, 0.6) is 0 Å². The second-order valence-electron chi connectivity index (χ2n) is 7.63. The van der Waals surface area contributed by atoms with E-state index in [1.165, 1.54) is 12.8 Å². The fourth-order valence-electron chi connectivity index (χ4n) is 3.65. The molecule has 5 heteroatoms. The van der Waals surface area contributed by atoms with Crippen molar-refractivity contribution in [1.29, 1.82) is 0 Å². The van der Waals surface area contributed by atoms with Gasteiger partial charge in [-0.1, -0.05) is 6.92 Å². The first-order valence-electron chi connectivity index (χ1n) is 8.21. The number of nitrogens with zero attached hydrogens (tertiary/aromatic N) is 2. The van der Waals surface area contributed by atoms with Gasteiger partial charge in [-0.3, -0.25) is 9.69 Å². The van der Waals surface area contributed by atoms with E-state index in [1.54, 1.807) is 0 Å². The first kappa shape index (κ1) is 16.7. The smallest absolute Gasteiger partial charge is 0.237 e. The summed E-state index contributed by atoms with van der Waals surface area (Å²) < 4.78 is 0. The van der Waals surface area contributed by atoms with Crippen LogP contribution in [-0.2, 0) is 4.79 Å². The Labute approximate surface area is 129 Å². The molecule has 2 aliphatic rings. The SMILES string of the molecule is CC1CN(C(C)CC(C)(NC2CC2)C(N)=O)CC1N(C)C. The van der Waals surface area contributed by atoms with Gasteiger partial charge in [-0.2, -0.15) is 0 Å². The Balaban J connectivity index is 1.96. The Hall–Kier alpha value is -0.650. The number of likely N-dealkylation sites (tertiary alicyclic amines) is 1. The molecule has 122 valence electrons. The molecule has 1 saturated carbocycles. The first-order chi connectivity index (χ1) is 9.73. The molecule has 0 bridgehead atoms. The highest BCUT2D eigenvalue weighted by atomic mass is 16.1. The molecule has 4 unspecified atom stereocenters. The van der Waals surface area contributed by atoms with E-state index in [0.717, 1.165) is 19.5 Å². The number of rotatable bonds is 7. The van der Waals surface area contributed by atoms with E-state index in [0.29, 0.717) is 24.0 Å². The maximum atomic E-state index is 11.9. The second-order valence-corrected chi connectivity index (χ2v) is 7.63. The average Bonchev–Trinajstić information content (AvgIpc) is 3.07. The van der Waals surface area contributed by atoms with E-state index in [2.05, 4.69) is 43.1 Å². The monoisotopic (exact) mass is 296 g/mol. The zero-order valence-corrected chi connectivity index (χ0v) is 14.2. The van der Waals surface area contributed by atoms with Crippen molar-refractivity contribution in [3.8, 4) is 0 Å². The minimum absolute atomic E-state index is 0.224. The normalized spacial score (nSPS) is 31.3. The number of carbonyl (C=O) groups excluding carboxylic acids is 1. The summed E-state index contributed by atoms with van der Waals surface area (Å²) in [5.74, 6) is 0.441. The van der Waals surface area contributed by atoms with Gasteiger partial charge in [0.1, 0.15) is 0 Å². The van der Waals surface area contributed by atoms with Crippen LogP contribution in [-0.4, -0.2) is 66.6 Å². The van der Waals surface area contributed by atoms with Crippen molar-refractivity contribution < 1.29 is 4.79 Å². The molecular weight excluding hydrogens is 264 g/mol. The van der Waals surface area contributed by atoms with Gasteiger partial charge in [0.15, 0.2) is 0 Å². The van der Waals surface area contributed by atoms with Crippen molar-refractivity contribution in [3.63, 3.8) is 0 Å². The number of likely N-dealkylation sites (N-methyl/N-ethyl adjacent to an activating group) is 1. The molecule has 0 radical (unpaired) electrons. The van der Waals surface area contributed by atoms with Crippen LogP contribution in [0.2, 0.25) is 0 Å². The minimum Gasteiger partial charge on any atom is -0.368 e. The quantitative estimate of drug-likeness (QED) is 0.724. The van der Waals surface area contributed by atoms with Gasteiger partial charge < -0.3 is 16.0 Å². The molecule has 1 aliphatic carbocycles. The number of amides is 1. The third-order valence-electron chi connectivity index (χ3n) is 5.24. The molecule has 4 atom stereocenters. The first-order valence-corrected chi connectivity index (χ1v) is 8.21. The molecule has 1 heterocycles. The number of primary amides is 1. The second kappa shape index (κ2) is 6.23. The van der Waals surface area contributed by atoms with Gasteiger partial charge in [-0.05, 0) is 53.1 Å². The minimum atomic E-state index is -0.583. The van der Waals surface area contributed by atoms with Crippen LogP contribution in [0.25, 0.3) is 0 Å². The Morgan fingerprint density at radius 2 is 2.05 bits per heavy atom. The van der Waals surface area contributed by atoms with Gasteiger partial charge in [0.2, 0.25) is 5.91 Å². The van der Waals surface area contributed by atoms with Crippen molar-refractivity contribution in [1.82, 2.24) is 15.1 Å². The molecule has 5 nitrogen and oxygen atoms in total. The number of nitrogens with two attached hydrogens (primary N) is 1. The van der Waals surface area contributed by atoms with Crippen molar-refractivity contribution in [3.05, 3.63) is 0 Å². The summed E-state index contributed by atoms with van der Waals surface area (Å²) >= 11 is 0. The van der Waals surface area contributed by atoms with E-state index in [4.69, 9.17) is 5.73 Å². The number of nitrogens with one attached hydrogen (secondary N) is 1. The van der Waals surface area contributed by atoms with Crippen LogP contribution < -0.4 is 11.1 Å². The summed E-state index contributed by atoms with van der Waals surface area (Å²) in [5, 5.41) is 3.45. The predicted molar refractivity (Wildman–Crippen MR) is 86.0 cm³/mol. The Morgan fingerprint density at radius 1 is 1.43 bits per heavy atom. The van der Waals surface area contributed by atoms with Crippen LogP contribution in [0.15, 0.2) is 0 Å². The van der Waals surface area contributed by atoms with Crippen LogP contribution in [0.3, 0.4) is 0 Å². The molecule has 0 aromatic carbocycles. The lowest BCUT2D eigenvalue weighted by atomic mass is 9.92. The van der Waals surface area contributed by atoms with E-state index < -0.39 is 5.54 Å². The largest absolute Gasteiger partial charge is 0.368 e. The van der Waals surface area contributed by atoms with Gasteiger partial charge in [0, 0.05) is 31.2 Å². The zero-order valence-electron chi connectivity index (χ0n) is 14.2. The van der Waals surface area contributed by atoms with Crippen molar-refractivity contribution in [2.75, 3.05) is 27.2 Å². The molecule has 2 fully saturated rings. The molecule has 3 N–H and O–H groups in total. The van der Waals surface area contributed by atoms with Gasteiger partial charge in [-0.25, -0.2) is 0 Å².